The SMILES string of the molecule is NC(=S)c1cccnc1Oc1cccc(F)c1F. The van der Waals surface area contributed by atoms with E-state index in [0.717, 1.165) is 6.07 Å². The van der Waals surface area contributed by atoms with Gasteiger partial charge >= 0.3 is 0 Å². The number of thiocarbonyl (C=S) groups is 1. The molecule has 0 aliphatic carbocycles. The Balaban J connectivity index is 2.40. The van der Waals surface area contributed by atoms with Crippen LogP contribution in [0.15, 0.2) is 36.5 Å². The molecule has 1 heterocycles. The summed E-state index contributed by atoms with van der Waals surface area (Å²) in [7, 11) is 0. The molecule has 92 valence electrons. The lowest BCUT2D eigenvalue weighted by atomic mass is 10.2. The molecule has 0 amide bonds. The fourth-order valence-electron chi connectivity index (χ4n) is 1.33. The summed E-state index contributed by atoms with van der Waals surface area (Å²) >= 11 is 4.81. The highest BCUT2D eigenvalue weighted by Gasteiger charge is 2.13. The summed E-state index contributed by atoms with van der Waals surface area (Å²) in [5, 5.41) is 0. The molecule has 1 aromatic heterocycles. The maximum absolute atomic E-state index is 13.4. The number of nitrogens with zero attached hydrogens (tertiary/aromatic N) is 1. The minimum atomic E-state index is -1.09. The van der Waals surface area contributed by atoms with E-state index in [0.29, 0.717) is 5.56 Å². The summed E-state index contributed by atoms with van der Waals surface area (Å²) in [6.07, 6.45) is 1.44. The van der Waals surface area contributed by atoms with E-state index >= 15 is 0 Å². The normalized spacial score (nSPS) is 10.1. The number of pyridine rings is 1. The molecule has 18 heavy (non-hydrogen) atoms. The summed E-state index contributed by atoms with van der Waals surface area (Å²) in [5.74, 6) is -2.32. The van der Waals surface area contributed by atoms with Crippen LogP contribution in [-0.4, -0.2) is 9.97 Å². The van der Waals surface area contributed by atoms with Gasteiger partial charge in [0.2, 0.25) is 11.7 Å². The van der Waals surface area contributed by atoms with Gasteiger partial charge in [0.05, 0.1) is 5.56 Å². The molecule has 0 saturated carbocycles. The third-order valence-electron chi connectivity index (χ3n) is 2.16. The monoisotopic (exact) mass is 266 g/mol. The van der Waals surface area contributed by atoms with Crippen LogP contribution in [0.5, 0.6) is 11.6 Å². The predicted octanol–water partition coefficient (Wildman–Crippen LogP) is 2.79. The van der Waals surface area contributed by atoms with E-state index in [2.05, 4.69) is 4.98 Å². The molecule has 0 fully saturated rings. The second-order valence-electron chi connectivity index (χ2n) is 3.37. The molecule has 0 bridgehead atoms. The predicted molar refractivity (Wildman–Crippen MR) is 66.6 cm³/mol. The molecule has 2 rings (SSSR count). The van der Waals surface area contributed by atoms with Gasteiger partial charge in [0.25, 0.3) is 0 Å². The second kappa shape index (κ2) is 5.05. The van der Waals surface area contributed by atoms with Gasteiger partial charge in [0.1, 0.15) is 4.99 Å². The summed E-state index contributed by atoms with van der Waals surface area (Å²) in [6.45, 7) is 0. The van der Waals surface area contributed by atoms with E-state index in [1.165, 1.54) is 18.3 Å². The molecule has 1 aromatic carbocycles. The van der Waals surface area contributed by atoms with Crippen LogP contribution in [0.4, 0.5) is 8.78 Å². The molecule has 0 unspecified atom stereocenters. The molecule has 0 aliphatic heterocycles. The van der Waals surface area contributed by atoms with Crippen LogP contribution in [0.25, 0.3) is 0 Å². The first kappa shape index (κ1) is 12.4. The van der Waals surface area contributed by atoms with Crippen molar-refractivity contribution < 1.29 is 13.5 Å². The van der Waals surface area contributed by atoms with Crippen molar-refractivity contribution >= 4 is 17.2 Å². The zero-order chi connectivity index (χ0) is 13.1. The summed E-state index contributed by atoms with van der Waals surface area (Å²) in [5.41, 5.74) is 5.84. The smallest absolute Gasteiger partial charge is 0.229 e. The maximum Gasteiger partial charge on any atom is 0.229 e. The summed E-state index contributed by atoms with van der Waals surface area (Å²) in [4.78, 5) is 3.95. The van der Waals surface area contributed by atoms with Crippen molar-refractivity contribution in [2.75, 3.05) is 0 Å². The lowest BCUT2D eigenvalue weighted by Gasteiger charge is -2.09. The molecular formula is C12H8F2N2OS. The van der Waals surface area contributed by atoms with Crippen LogP contribution in [0.2, 0.25) is 0 Å². The highest BCUT2D eigenvalue weighted by atomic mass is 32.1. The minimum Gasteiger partial charge on any atom is -0.435 e. The van der Waals surface area contributed by atoms with Gasteiger partial charge in [-0.2, -0.15) is 4.39 Å². The van der Waals surface area contributed by atoms with Crippen LogP contribution >= 0.6 is 12.2 Å². The number of nitrogens with two attached hydrogens (primary N) is 1. The highest BCUT2D eigenvalue weighted by molar-refractivity contribution is 7.80. The Bertz CT molecular complexity index is 604. The van der Waals surface area contributed by atoms with Crippen molar-refractivity contribution in [2.45, 2.75) is 0 Å². The van der Waals surface area contributed by atoms with E-state index in [4.69, 9.17) is 22.7 Å². The number of halogens is 2. The van der Waals surface area contributed by atoms with Crippen LogP contribution in [-0.2, 0) is 0 Å². The van der Waals surface area contributed by atoms with Gasteiger partial charge in [-0.1, -0.05) is 18.3 Å². The van der Waals surface area contributed by atoms with Gasteiger partial charge in [-0.3, -0.25) is 0 Å². The average Bonchev–Trinajstić information content (AvgIpc) is 2.35. The zero-order valence-corrected chi connectivity index (χ0v) is 9.88. The lowest BCUT2D eigenvalue weighted by Crippen LogP contribution is -2.11. The third kappa shape index (κ3) is 2.43. The number of benzene rings is 1. The first-order valence-corrected chi connectivity index (χ1v) is 5.37. The first-order chi connectivity index (χ1) is 8.59. The number of hydrogen-bond donors (Lipinski definition) is 1. The van der Waals surface area contributed by atoms with Crippen molar-refractivity contribution in [2.24, 2.45) is 5.73 Å². The Kier molecular flexibility index (Phi) is 3.47. The van der Waals surface area contributed by atoms with Crippen molar-refractivity contribution in [1.82, 2.24) is 4.98 Å². The third-order valence-corrected chi connectivity index (χ3v) is 2.38. The van der Waals surface area contributed by atoms with E-state index in [9.17, 15) is 8.78 Å². The Hall–Kier alpha value is -2.08. The fraction of sp³-hybridized carbons (Fsp3) is 0. The van der Waals surface area contributed by atoms with Crippen molar-refractivity contribution in [3.05, 3.63) is 53.7 Å². The van der Waals surface area contributed by atoms with Crippen molar-refractivity contribution in [3.63, 3.8) is 0 Å². The van der Waals surface area contributed by atoms with Gasteiger partial charge in [-0.05, 0) is 24.3 Å². The van der Waals surface area contributed by atoms with Gasteiger partial charge in [0.15, 0.2) is 11.6 Å². The van der Waals surface area contributed by atoms with E-state index < -0.39 is 11.6 Å². The number of ether oxygens (including phenoxy) is 1. The van der Waals surface area contributed by atoms with E-state index in [1.807, 2.05) is 0 Å². The number of aromatic nitrogens is 1. The average molecular weight is 266 g/mol. The second-order valence-corrected chi connectivity index (χ2v) is 3.81. The van der Waals surface area contributed by atoms with Crippen LogP contribution in [0.3, 0.4) is 0 Å². The Labute approximate surface area is 107 Å². The van der Waals surface area contributed by atoms with Gasteiger partial charge in [-0.25, -0.2) is 9.37 Å². The van der Waals surface area contributed by atoms with Crippen molar-refractivity contribution in [3.8, 4) is 11.6 Å². The molecule has 0 spiro atoms. The fourth-order valence-corrected chi connectivity index (χ4v) is 1.48. The van der Waals surface area contributed by atoms with Gasteiger partial charge in [-0.15, -0.1) is 0 Å². The molecule has 2 N–H and O–H groups in total. The zero-order valence-electron chi connectivity index (χ0n) is 9.06. The van der Waals surface area contributed by atoms with Crippen LogP contribution < -0.4 is 10.5 Å². The quantitative estimate of drug-likeness (QED) is 0.868. The largest absolute Gasteiger partial charge is 0.435 e. The summed E-state index contributed by atoms with van der Waals surface area (Å²) in [6, 6.07) is 6.81. The molecule has 0 saturated heterocycles. The van der Waals surface area contributed by atoms with Crippen LogP contribution in [0.1, 0.15) is 5.56 Å². The van der Waals surface area contributed by atoms with Gasteiger partial charge < -0.3 is 10.5 Å². The number of rotatable bonds is 3. The molecule has 3 nitrogen and oxygen atoms in total. The molecule has 0 atom stereocenters. The van der Waals surface area contributed by atoms with Crippen molar-refractivity contribution in [1.29, 1.82) is 0 Å². The molecule has 0 radical (unpaired) electrons. The molecule has 0 aliphatic rings. The molecule has 2 aromatic rings. The summed E-state index contributed by atoms with van der Waals surface area (Å²) < 4.78 is 31.6. The van der Waals surface area contributed by atoms with Crippen LogP contribution in [0, 0.1) is 11.6 Å². The topological polar surface area (TPSA) is 48.1 Å². The standard InChI is InChI=1S/C12H8F2N2OS/c13-8-4-1-5-9(10(8)14)17-12-7(11(15)18)3-2-6-16-12/h1-6H,(H2,15,18). The Morgan fingerprint density at radius 1 is 1.22 bits per heavy atom. The maximum atomic E-state index is 13.4. The van der Waals surface area contributed by atoms with Gasteiger partial charge in [0, 0.05) is 6.20 Å². The van der Waals surface area contributed by atoms with E-state index in [1.54, 1.807) is 12.1 Å². The Morgan fingerprint density at radius 2 is 2.00 bits per heavy atom. The highest BCUT2D eigenvalue weighted by Crippen LogP contribution is 2.26. The number of hydrogen-bond acceptors (Lipinski definition) is 3. The Morgan fingerprint density at radius 3 is 2.72 bits per heavy atom. The van der Waals surface area contributed by atoms with E-state index in [-0.39, 0.29) is 16.6 Å². The minimum absolute atomic E-state index is 0.0366. The lowest BCUT2D eigenvalue weighted by molar-refractivity contribution is 0.405. The molecule has 6 heteroatoms. The molecular weight excluding hydrogens is 258 g/mol. The first-order valence-electron chi connectivity index (χ1n) is 4.96.